The minimum absolute atomic E-state index is 0.199. The molecule has 0 fully saturated rings. The van der Waals surface area contributed by atoms with Crippen LogP contribution in [0.4, 0.5) is 4.39 Å². The van der Waals surface area contributed by atoms with Crippen LogP contribution in [0.1, 0.15) is 16.7 Å². The van der Waals surface area contributed by atoms with Crippen molar-refractivity contribution in [3.8, 4) is 23.7 Å². The number of nitriles is 1. The second-order valence-electron chi connectivity index (χ2n) is 4.19. The van der Waals surface area contributed by atoms with Gasteiger partial charge in [-0.3, -0.25) is 0 Å². The minimum atomic E-state index is -0.396. The van der Waals surface area contributed by atoms with Gasteiger partial charge in [0.25, 0.3) is 0 Å². The maximum atomic E-state index is 13.2. The Morgan fingerprint density at radius 3 is 2.81 bits per heavy atom. The van der Waals surface area contributed by atoms with E-state index < -0.39 is 5.82 Å². The molecule has 1 N–H and O–H groups in total. The van der Waals surface area contributed by atoms with E-state index in [1.165, 1.54) is 12.1 Å². The van der Waals surface area contributed by atoms with Gasteiger partial charge >= 0.3 is 0 Å². The third kappa shape index (κ3) is 4.07. The SMILES string of the molecule is N#Cc1cccc(OCc2ccc(F)cc2C#CCO)c1. The lowest BCUT2D eigenvalue weighted by molar-refractivity contribution is 0.305. The second-order valence-corrected chi connectivity index (χ2v) is 4.19. The zero-order valence-electron chi connectivity index (χ0n) is 11.1. The summed E-state index contributed by atoms with van der Waals surface area (Å²) >= 11 is 0. The lowest BCUT2D eigenvalue weighted by Gasteiger charge is -2.08. The number of halogens is 1. The van der Waals surface area contributed by atoms with Crippen molar-refractivity contribution in [1.29, 1.82) is 5.26 Å². The van der Waals surface area contributed by atoms with Crippen LogP contribution in [0.5, 0.6) is 5.75 Å². The summed E-state index contributed by atoms with van der Waals surface area (Å²) in [5, 5.41) is 17.6. The van der Waals surface area contributed by atoms with Crippen molar-refractivity contribution in [1.82, 2.24) is 0 Å². The van der Waals surface area contributed by atoms with E-state index in [1.54, 1.807) is 30.3 Å². The standard InChI is InChI=1S/C17H12FNO2/c18-16-7-6-15(14(10-16)4-2-8-20)12-21-17-5-1-3-13(9-17)11-19/h1,3,5-7,9-10,20H,8,12H2. The Bertz CT molecular complexity index is 738. The topological polar surface area (TPSA) is 53.2 Å². The largest absolute Gasteiger partial charge is 0.489 e. The number of rotatable bonds is 3. The van der Waals surface area contributed by atoms with E-state index in [2.05, 4.69) is 11.8 Å². The normalized spacial score (nSPS) is 9.38. The zero-order chi connectivity index (χ0) is 15.1. The van der Waals surface area contributed by atoms with Crippen molar-refractivity contribution in [2.45, 2.75) is 6.61 Å². The Morgan fingerprint density at radius 2 is 2.05 bits per heavy atom. The van der Waals surface area contributed by atoms with Crippen molar-refractivity contribution in [3.05, 3.63) is 65.0 Å². The van der Waals surface area contributed by atoms with E-state index in [-0.39, 0.29) is 13.2 Å². The van der Waals surface area contributed by atoms with Crippen LogP contribution in [-0.2, 0) is 6.61 Å². The Balaban J connectivity index is 2.18. The van der Waals surface area contributed by atoms with Gasteiger partial charge in [0.05, 0.1) is 11.6 Å². The highest BCUT2D eigenvalue weighted by molar-refractivity contribution is 5.42. The van der Waals surface area contributed by atoms with Crippen molar-refractivity contribution in [3.63, 3.8) is 0 Å². The molecular formula is C17H12FNO2. The number of nitrogens with zero attached hydrogens (tertiary/aromatic N) is 1. The number of hydrogen-bond donors (Lipinski definition) is 1. The van der Waals surface area contributed by atoms with E-state index in [9.17, 15) is 4.39 Å². The van der Waals surface area contributed by atoms with Crippen LogP contribution in [0.15, 0.2) is 42.5 Å². The van der Waals surface area contributed by atoms with Crippen LogP contribution in [0.25, 0.3) is 0 Å². The van der Waals surface area contributed by atoms with Crippen LogP contribution in [0.2, 0.25) is 0 Å². The second kappa shape index (κ2) is 7.09. The van der Waals surface area contributed by atoms with E-state index in [1.807, 2.05) is 6.07 Å². The molecule has 4 heteroatoms. The molecule has 104 valence electrons. The molecule has 0 aliphatic carbocycles. The molecule has 0 aliphatic heterocycles. The quantitative estimate of drug-likeness (QED) is 0.880. The molecule has 2 aromatic rings. The van der Waals surface area contributed by atoms with Crippen LogP contribution in [0, 0.1) is 29.0 Å². The predicted octanol–water partition coefficient (Wildman–Crippen LogP) is 2.62. The molecule has 2 aromatic carbocycles. The maximum Gasteiger partial charge on any atom is 0.124 e. The van der Waals surface area contributed by atoms with Crippen LogP contribution < -0.4 is 4.74 Å². The number of aliphatic hydroxyl groups excluding tert-OH is 1. The lowest BCUT2D eigenvalue weighted by Crippen LogP contribution is -1.99. The van der Waals surface area contributed by atoms with Gasteiger partial charge in [0.1, 0.15) is 24.8 Å². The summed E-state index contributed by atoms with van der Waals surface area (Å²) in [6.45, 7) is -0.0916. The van der Waals surface area contributed by atoms with E-state index in [0.717, 1.165) is 0 Å². The van der Waals surface area contributed by atoms with Crippen molar-refractivity contribution in [2.24, 2.45) is 0 Å². The summed E-state index contributed by atoms with van der Waals surface area (Å²) in [6, 6.07) is 13.0. The molecule has 0 bridgehead atoms. The molecule has 0 saturated heterocycles. The van der Waals surface area contributed by atoms with Gasteiger partial charge in [-0.25, -0.2) is 4.39 Å². The molecule has 0 amide bonds. The molecule has 0 aromatic heterocycles. The fourth-order valence-corrected chi connectivity index (χ4v) is 1.74. The molecule has 0 saturated carbocycles. The summed E-state index contributed by atoms with van der Waals surface area (Å²) in [6.07, 6.45) is 0. The first kappa shape index (κ1) is 14.6. The van der Waals surface area contributed by atoms with Gasteiger partial charge in [-0.2, -0.15) is 5.26 Å². The summed E-state index contributed by atoms with van der Waals surface area (Å²) in [4.78, 5) is 0. The Morgan fingerprint density at radius 1 is 1.19 bits per heavy atom. The maximum absolute atomic E-state index is 13.2. The number of ether oxygens (including phenoxy) is 1. The smallest absolute Gasteiger partial charge is 0.124 e. The molecule has 0 unspecified atom stereocenters. The Kier molecular flexibility index (Phi) is 4.93. The van der Waals surface area contributed by atoms with E-state index >= 15 is 0 Å². The minimum Gasteiger partial charge on any atom is -0.489 e. The van der Waals surface area contributed by atoms with Crippen LogP contribution in [-0.4, -0.2) is 11.7 Å². The molecule has 21 heavy (non-hydrogen) atoms. The van der Waals surface area contributed by atoms with Gasteiger partial charge in [-0.1, -0.05) is 24.0 Å². The molecule has 0 spiro atoms. The van der Waals surface area contributed by atoms with Gasteiger partial charge in [-0.05, 0) is 30.3 Å². The predicted molar refractivity (Wildman–Crippen MR) is 75.9 cm³/mol. The zero-order valence-corrected chi connectivity index (χ0v) is 11.1. The van der Waals surface area contributed by atoms with Crippen LogP contribution in [0.3, 0.4) is 0 Å². The third-order valence-corrected chi connectivity index (χ3v) is 2.73. The Labute approximate surface area is 122 Å². The fraction of sp³-hybridized carbons (Fsp3) is 0.118. The monoisotopic (exact) mass is 281 g/mol. The number of hydrogen-bond acceptors (Lipinski definition) is 3. The molecule has 0 radical (unpaired) electrons. The average molecular weight is 281 g/mol. The average Bonchev–Trinajstić information content (AvgIpc) is 2.52. The number of aliphatic hydroxyl groups is 1. The molecular weight excluding hydrogens is 269 g/mol. The van der Waals surface area contributed by atoms with Crippen molar-refractivity contribution >= 4 is 0 Å². The summed E-state index contributed by atoms with van der Waals surface area (Å²) in [7, 11) is 0. The first-order valence-electron chi connectivity index (χ1n) is 6.24. The third-order valence-electron chi connectivity index (χ3n) is 2.73. The highest BCUT2D eigenvalue weighted by atomic mass is 19.1. The number of benzene rings is 2. The fourth-order valence-electron chi connectivity index (χ4n) is 1.74. The summed E-state index contributed by atoms with van der Waals surface area (Å²) in [5.41, 5.74) is 1.69. The van der Waals surface area contributed by atoms with Gasteiger partial charge in [0.15, 0.2) is 0 Å². The van der Waals surface area contributed by atoms with Crippen LogP contribution >= 0.6 is 0 Å². The van der Waals surface area contributed by atoms with E-state index in [0.29, 0.717) is 22.4 Å². The molecule has 0 atom stereocenters. The van der Waals surface area contributed by atoms with Crippen molar-refractivity contribution in [2.75, 3.05) is 6.61 Å². The summed E-state index contributed by atoms with van der Waals surface area (Å²) in [5.74, 6) is 5.34. The Hall–Kier alpha value is -2.82. The van der Waals surface area contributed by atoms with Crippen molar-refractivity contribution < 1.29 is 14.2 Å². The highest BCUT2D eigenvalue weighted by Gasteiger charge is 2.04. The van der Waals surface area contributed by atoms with Gasteiger partial charge < -0.3 is 9.84 Å². The first-order valence-corrected chi connectivity index (χ1v) is 6.24. The van der Waals surface area contributed by atoms with E-state index in [4.69, 9.17) is 15.1 Å². The molecule has 3 nitrogen and oxygen atoms in total. The molecule has 0 aliphatic rings. The van der Waals surface area contributed by atoms with Gasteiger partial charge in [0, 0.05) is 11.1 Å². The summed E-state index contributed by atoms with van der Waals surface area (Å²) < 4.78 is 18.8. The first-order chi connectivity index (χ1) is 10.2. The molecule has 0 heterocycles. The van der Waals surface area contributed by atoms with Gasteiger partial charge in [0.2, 0.25) is 0 Å². The highest BCUT2D eigenvalue weighted by Crippen LogP contribution is 2.17. The lowest BCUT2D eigenvalue weighted by atomic mass is 10.1. The molecule has 2 rings (SSSR count). The van der Waals surface area contributed by atoms with Gasteiger partial charge in [-0.15, -0.1) is 0 Å².